The minimum atomic E-state index is -0.200. The van der Waals surface area contributed by atoms with E-state index in [9.17, 15) is 9.90 Å². The lowest BCUT2D eigenvalue weighted by molar-refractivity contribution is -0.113. The Morgan fingerprint density at radius 3 is 2.79 bits per heavy atom. The molecule has 0 aliphatic rings. The smallest absolute Gasteiger partial charge is 0.277 e. The Kier molecular flexibility index (Phi) is 4.76. The Morgan fingerprint density at radius 1 is 1.25 bits per heavy atom. The molecule has 0 radical (unpaired) electrons. The number of pyridine rings is 1. The number of aromatic hydroxyl groups is 1. The first-order valence-electron chi connectivity index (χ1n) is 7.08. The molecule has 0 unspecified atom stereocenters. The zero-order chi connectivity index (χ0) is 16.9. The summed E-state index contributed by atoms with van der Waals surface area (Å²) in [6.07, 6.45) is 3.28. The molecule has 0 bridgehead atoms. The normalized spacial score (nSPS) is 10.5. The SMILES string of the molecule is Cc1cc(NC(=O)CSc2nnc(-c3ccncc3)o2)ccc1O. The number of aromatic nitrogens is 3. The molecule has 1 amide bonds. The van der Waals surface area contributed by atoms with Gasteiger partial charge in [-0.3, -0.25) is 9.78 Å². The number of hydrogen-bond donors (Lipinski definition) is 2. The van der Waals surface area contributed by atoms with Crippen LogP contribution >= 0.6 is 11.8 Å². The monoisotopic (exact) mass is 342 g/mol. The van der Waals surface area contributed by atoms with Gasteiger partial charge < -0.3 is 14.8 Å². The molecular formula is C16H14N4O3S. The first-order chi connectivity index (χ1) is 11.6. The van der Waals surface area contributed by atoms with Gasteiger partial charge in [0, 0.05) is 23.6 Å². The number of phenolic OH excluding ortho intramolecular Hbond substituents is 1. The lowest BCUT2D eigenvalue weighted by atomic mass is 10.2. The predicted molar refractivity (Wildman–Crippen MR) is 89.7 cm³/mol. The van der Waals surface area contributed by atoms with E-state index in [0.29, 0.717) is 22.4 Å². The average molecular weight is 342 g/mol. The molecule has 0 aliphatic carbocycles. The Bertz CT molecular complexity index is 852. The van der Waals surface area contributed by atoms with E-state index in [1.165, 1.54) is 6.07 Å². The standard InChI is InChI=1S/C16H14N4O3S/c1-10-8-12(2-3-13(10)21)18-14(22)9-24-16-20-19-15(23-16)11-4-6-17-7-5-11/h2-8,21H,9H2,1H3,(H,18,22). The van der Waals surface area contributed by atoms with Crippen LogP contribution < -0.4 is 5.32 Å². The van der Waals surface area contributed by atoms with E-state index in [4.69, 9.17) is 4.42 Å². The zero-order valence-corrected chi connectivity index (χ0v) is 13.6. The number of aryl methyl sites for hydroxylation is 1. The number of nitrogens with one attached hydrogen (secondary N) is 1. The fraction of sp³-hybridized carbons (Fsp3) is 0.125. The molecule has 2 heterocycles. The highest BCUT2D eigenvalue weighted by atomic mass is 32.2. The summed E-state index contributed by atoms with van der Waals surface area (Å²) in [6.45, 7) is 1.76. The Morgan fingerprint density at radius 2 is 2.04 bits per heavy atom. The molecule has 0 fully saturated rings. The molecule has 3 rings (SSSR count). The molecule has 24 heavy (non-hydrogen) atoms. The van der Waals surface area contributed by atoms with Gasteiger partial charge in [-0.1, -0.05) is 11.8 Å². The molecule has 8 heteroatoms. The molecule has 1 aromatic carbocycles. The van der Waals surface area contributed by atoms with E-state index in [0.717, 1.165) is 17.3 Å². The number of carbonyl (C=O) groups excluding carboxylic acids is 1. The minimum absolute atomic E-state index is 0.137. The topological polar surface area (TPSA) is 101 Å². The summed E-state index contributed by atoms with van der Waals surface area (Å²) in [5.74, 6) is 0.512. The lowest BCUT2D eigenvalue weighted by Gasteiger charge is -2.06. The quantitative estimate of drug-likeness (QED) is 0.543. The zero-order valence-electron chi connectivity index (χ0n) is 12.8. The number of carbonyl (C=O) groups is 1. The van der Waals surface area contributed by atoms with Crippen LogP contribution in [0, 0.1) is 6.92 Å². The molecule has 3 aromatic rings. The van der Waals surface area contributed by atoms with Gasteiger partial charge in [-0.15, -0.1) is 10.2 Å². The van der Waals surface area contributed by atoms with Crippen molar-refractivity contribution >= 4 is 23.4 Å². The molecule has 2 N–H and O–H groups in total. The van der Waals surface area contributed by atoms with Gasteiger partial charge in [0.2, 0.25) is 11.8 Å². The predicted octanol–water partition coefficient (Wildman–Crippen LogP) is 2.88. The van der Waals surface area contributed by atoms with Crippen LogP contribution in [0.2, 0.25) is 0 Å². The van der Waals surface area contributed by atoms with Crippen LogP contribution in [0.1, 0.15) is 5.56 Å². The summed E-state index contributed by atoms with van der Waals surface area (Å²) in [5.41, 5.74) is 2.09. The van der Waals surface area contributed by atoms with Crippen molar-refractivity contribution in [3.05, 3.63) is 48.3 Å². The van der Waals surface area contributed by atoms with Crippen LogP contribution in [0.25, 0.3) is 11.5 Å². The molecular weight excluding hydrogens is 328 g/mol. The maximum atomic E-state index is 12.0. The number of thioether (sulfide) groups is 1. The molecule has 7 nitrogen and oxygen atoms in total. The molecule has 0 aliphatic heterocycles. The number of hydrogen-bond acceptors (Lipinski definition) is 7. The van der Waals surface area contributed by atoms with Gasteiger partial charge in [0.1, 0.15) is 5.75 Å². The minimum Gasteiger partial charge on any atom is -0.508 e. The summed E-state index contributed by atoms with van der Waals surface area (Å²) < 4.78 is 5.51. The highest BCUT2D eigenvalue weighted by Crippen LogP contribution is 2.23. The van der Waals surface area contributed by atoms with Crippen molar-refractivity contribution in [3.63, 3.8) is 0 Å². The van der Waals surface area contributed by atoms with Crippen LogP contribution in [0.3, 0.4) is 0 Å². The van der Waals surface area contributed by atoms with Crippen molar-refractivity contribution in [1.29, 1.82) is 0 Å². The van der Waals surface area contributed by atoms with E-state index in [1.807, 2.05) is 0 Å². The average Bonchev–Trinajstić information content (AvgIpc) is 3.06. The maximum absolute atomic E-state index is 12.0. The van der Waals surface area contributed by atoms with Crippen LogP contribution in [0.15, 0.2) is 52.4 Å². The van der Waals surface area contributed by atoms with Crippen molar-refractivity contribution in [3.8, 4) is 17.2 Å². The second-order valence-corrected chi connectivity index (χ2v) is 5.87. The van der Waals surface area contributed by atoms with Gasteiger partial charge in [0.05, 0.1) is 5.75 Å². The number of phenols is 1. The van der Waals surface area contributed by atoms with Crippen LogP contribution in [-0.2, 0) is 4.79 Å². The number of anilines is 1. The highest BCUT2D eigenvalue weighted by Gasteiger charge is 2.11. The second-order valence-electron chi connectivity index (χ2n) is 4.95. The van der Waals surface area contributed by atoms with E-state index in [2.05, 4.69) is 20.5 Å². The number of rotatable bonds is 5. The molecule has 122 valence electrons. The summed E-state index contributed by atoms with van der Waals surface area (Å²) in [5, 5.41) is 20.4. The van der Waals surface area contributed by atoms with Crippen molar-refractivity contribution in [2.45, 2.75) is 12.1 Å². The van der Waals surface area contributed by atoms with Crippen molar-refractivity contribution in [2.75, 3.05) is 11.1 Å². The van der Waals surface area contributed by atoms with Gasteiger partial charge in [0.25, 0.3) is 5.22 Å². The first-order valence-corrected chi connectivity index (χ1v) is 8.06. The maximum Gasteiger partial charge on any atom is 0.277 e. The molecule has 2 aromatic heterocycles. The number of amides is 1. The van der Waals surface area contributed by atoms with Crippen LogP contribution in [0.4, 0.5) is 5.69 Å². The van der Waals surface area contributed by atoms with Crippen LogP contribution in [0.5, 0.6) is 5.75 Å². The second kappa shape index (κ2) is 7.14. The third-order valence-corrected chi connectivity index (χ3v) is 3.96. The van der Waals surface area contributed by atoms with Crippen molar-refractivity contribution < 1.29 is 14.3 Å². The molecule has 0 saturated heterocycles. The summed E-state index contributed by atoms with van der Waals surface area (Å²) in [6, 6.07) is 8.41. The Labute approximate surface area is 142 Å². The Hall–Kier alpha value is -2.87. The number of nitrogens with zero attached hydrogens (tertiary/aromatic N) is 3. The van der Waals surface area contributed by atoms with Gasteiger partial charge in [0.15, 0.2) is 0 Å². The molecule has 0 spiro atoms. The van der Waals surface area contributed by atoms with E-state index in [-0.39, 0.29) is 17.4 Å². The van der Waals surface area contributed by atoms with E-state index >= 15 is 0 Å². The summed E-state index contributed by atoms with van der Waals surface area (Å²) in [7, 11) is 0. The largest absolute Gasteiger partial charge is 0.508 e. The van der Waals surface area contributed by atoms with Gasteiger partial charge in [-0.05, 0) is 42.8 Å². The third kappa shape index (κ3) is 3.90. The number of benzene rings is 1. The van der Waals surface area contributed by atoms with Crippen molar-refractivity contribution in [1.82, 2.24) is 15.2 Å². The molecule has 0 saturated carbocycles. The van der Waals surface area contributed by atoms with Crippen LogP contribution in [-0.4, -0.2) is 31.9 Å². The van der Waals surface area contributed by atoms with Crippen molar-refractivity contribution in [2.24, 2.45) is 0 Å². The third-order valence-electron chi connectivity index (χ3n) is 3.14. The van der Waals surface area contributed by atoms with Gasteiger partial charge in [-0.2, -0.15) is 0 Å². The van der Waals surface area contributed by atoms with Gasteiger partial charge >= 0.3 is 0 Å². The fourth-order valence-electron chi connectivity index (χ4n) is 1.94. The Balaban J connectivity index is 1.56. The summed E-state index contributed by atoms with van der Waals surface area (Å²) in [4.78, 5) is 15.9. The van der Waals surface area contributed by atoms with E-state index in [1.54, 1.807) is 43.6 Å². The summed E-state index contributed by atoms with van der Waals surface area (Å²) >= 11 is 1.15. The highest BCUT2D eigenvalue weighted by molar-refractivity contribution is 7.99. The van der Waals surface area contributed by atoms with E-state index < -0.39 is 0 Å². The molecule has 0 atom stereocenters. The van der Waals surface area contributed by atoms with Gasteiger partial charge in [-0.25, -0.2) is 0 Å². The lowest BCUT2D eigenvalue weighted by Crippen LogP contribution is -2.14. The fourth-order valence-corrected chi connectivity index (χ4v) is 2.50. The first kappa shape index (κ1) is 16.0.